The van der Waals surface area contributed by atoms with E-state index in [0.29, 0.717) is 31.6 Å². The average molecular weight is 460 g/mol. The Hall–Kier alpha value is -2.71. The van der Waals surface area contributed by atoms with Gasteiger partial charge in [0.2, 0.25) is 5.91 Å². The first-order valence-electron chi connectivity index (χ1n) is 10.6. The zero-order chi connectivity index (χ0) is 22.6. The van der Waals surface area contributed by atoms with Gasteiger partial charge < -0.3 is 10.2 Å². The summed E-state index contributed by atoms with van der Waals surface area (Å²) in [5, 5.41) is 6.13. The molecule has 2 aromatic carbocycles. The molecule has 4 rings (SSSR count). The lowest BCUT2D eigenvalue weighted by molar-refractivity contribution is -0.137. The highest BCUT2D eigenvalue weighted by Gasteiger charge is 2.31. The van der Waals surface area contributed by atoms with Crippen molar-refractivity contribution >= 4 is 17.2 Å². The van der Waals surface area contributed by atoms with Crippen LogP contribution >= 0.6 is 11.3 Å². The number of hydrogen-bond acceptors (Lipinski definition) is 4. The fraction of sp³-hybridized carbons (Fsp3) is 0.333. The Morgan fingerprint density at radius 2 is 1.94 bits per heavy atom. The summed E-state index contributed by atoms with van der Waals surface area (Å²) in [6.07, 6.45) is -2.27. The van der Waals surface area contributed by atoms with Crippen LogP contribution in [0.2, 0.25) is 0 Å². The van der Waals surface area contributed by atoms with E-state index in [1.54, 1.807) is 17.4 Å². The normalized spacial score (nSPS) is 16.7. The summed E-state index contributed by atoms with van der Waals surface area (Å²) < 4.78 is 38.6. The molecule has 1 aliphatic rings. The Morgan fingerprint density at radius 1 is 1.12 bits per heavy atom. The predicted molar refractivity (Wildman–Crippen MR) is 119 cm³/mol. The number of thiazole rings is 1. The summed E-state index contributed by atoms with van der Waals surface area (Å²) in [5.41, 5.74) is 1.92. The van der Waals surface area contributed by atoms with Crippen molar-refractivity contribution in [1.82, 2.24) is 15.2 Å². The number of benzene rings is 2. The second-order valence-corrected chi connectivity index (χ2v) is 8.81. The molecule has 3 aromatic rings. The molecule has 0 aliphatic carbocycles. The minimum Gasteiger partial charge on any atom is -0.333 e. The van der Waals surface area contributed by atoms with Gasteiger partial charge in [0.15, 0.2) is 0 Å². The van der Waals surface area contributed by atoms with Crippen LogP contribution in [0.1, 0.15) is 35.4 Å². The van der Waals surface area contributed by atoms with E-state index in [1.165, 1.54) is 12.1 Å². The smallest absolute Gasteiger partial charge is 0.333 e. The summed E-state index contributed by atoms with van der Waals surface area (Å²) in [6.45, 7) is 1.48. The van der Waals surface area contributed by atoms with Crippen LogP contribution in [0.5, 0.6) is 0 Å². The lowest BCUT2D eigenvalue weighted by Gasteiger charge is -2.24. The molecular formula is C24H24F3N3OS. The van der Waals surface area contributed by atoms with Gasteiger partial charge in [-0.1, -0.05) is 48.5 Å². The predicted octanol–water partition coefficient (Wildman–Crippen LogP) is 5.50. The van der Waals surface area contributed by atoms with Crippen LogP contribution in [0.15, 0.2) is 60.0 Å². The van der Waals surface area contributed by atoms with Crippen LogP contribution in [0.3, 0.4) is 0 Å². The maximum atomic E-state index is 12.9. The highest BCUT2D eigenvalue weighted by Crippen LogP contribution is 2.30. The fourth-order valence-corrected chi connectivity index (χ4v) is 4.74. The molecule has 0 radical (unpaired) electrons. The van der Waals surface area contributed by atoms with Gasteiger partial charge >= 0.3 is 6.18 Å². The number of hydrogen-bond donors (Lipinski definition) is 1. The molecule has 32 heavy (non-hydrogen) atoms. The Morgan fingerprint density at radius 3 is 2.72 bits per heavy atom. The highest BCUT2D eigenvalue weighted by atomic mass is 32.1. The van der Waals surface area contributed by atoms with Crippen LogP contribution in [-0.4, -0.2) is 28.4 Å². The van der Waals surface area contributed by atoms with Gasteiger partial charge in [0.25, 0.3) is 0 Å². The first-order valence-corrected chi connectivity index (χ1v) is 11.4. The molecule has 1 N–H and O–H groups in total. The third-order valence-electron chi connectivity index (χ3n) is 5.62. The topological polar surface area (TPSA) is 45.2 Å². The van der Waals surface area contributed by atoms with Crippen molar-refractivity contribution in [3.05, 3.63) is 76.1 Å². The molecule has 1 amide bonds. The molecule has 0 saturated carbocycles. The van der Waals surface area contributed by atoms with Crippen LogP contribution in [-0.2, 0) is 24.1 Å². The van der Waals surface area contributed by atoms with Crippen molar-refractivity contribution in [2.45, 2.75) is 44.6 Å². The Kier molecular flexibility index (Phi) is 6.91. The zero-order valence-electron chi connectivity index (χ0n) is 17.4. The van der Waals surface area contributed by atoms with Crippen molar-refractivity contribution in [3.8, 4) is 11.3 Å². The van der Waals surface area contributed by atoms with Crippen molar-refractivity contribution in [3.63, 3.8) is 0 Å². The van der Waals surface area contributed by atoms with Gasteiger partial charge in [-0.2, -0.15) is 13.2 Å². The van der Waals surface area contributed by atoms with Gasteiger partial charge in [-0.3, -0.25) is 4.79 Å². The van der Waals surface area contributed by atoms with Gasteiger partial charge in [-0.15, -0.1) is 11.3 Å². The van der Waals surface area contributed by atoms with Gasteiger partial charge in [0.1, 0.15) is 5.01 Å². The van der Waals surface area contributed by atoms with Crippen LogP contribution in [0.25, 0.3) is 11.3 Å². The maximum absolute atomic E-state index is 12.9. The minimum absolute atomic E-state index is 0.112. The second-order valence-electron chi connectivity index (χ2n) is 7.87. The number of aromatic nitrogens is 1. The van der Waals surface area contributed by atoms with E-state index < -0.39 is 11.7 Å². The number of halogens is 3. The van der Waals surface area contributed by atoms with E-state index in [-0.39, 0.29) is 11.9 Å². The molecule has 1 aliphatic heterocycles. The molecule has 0 spiro atoms. The zero-order valence-corrected chi connectivity index (χ0v) is 18.3. The quantitative estimate of drug-likeness (QED) is 0.453. The molecule has 1 saturated heterocycles. The minimum atomic E-state index is -4.34. The molecule has 2 heterocycles. The van der Waals surface area contributed by atoms with E-state index in [4.69, 9.17) is 4.98 Å². The van der Waals surface area contributed by atoms with E-state index in [0.717, 1.165) is 35.2 Å². The van der Waals surface area contributed by atoms with Gasteiger partial charge in [0, 0.05) is 30.0 Å². The molecule has 1 aromatic heterocycles. The van der Waals surface area contributed by atoms with Gasteiger partial charge in [-0.05, 0) is 31.0 Å². The third kappa shape index (κ3) is 5.55. The van der Waals surface area contributed by atoms with Crippen LogP contribution < -0.4 is 5.32 Å². The van der Waals surface area contributed by atoms with E-state index >= 15 is 0 Å². The summed E-state index contributed by atoms with van der Waals surface area (Å²) >= 11 is 1.55. The summed E-state index contributed by atoms with van der Waals surface area (Å²) in [6, 6.07) is 15.4. The fourth-order valence-electron chi connectivity index (χ4n) is 3.94. The molecule has 0 bridgehead atoms. The number of nitrogens with zero attached hydrogens (tertiary/aromatic N) is 2. The Bertz CT molecular complexity index is 1050. The number of carbonyl (C=O) groups excluding carboxylic acids is 1. The SMILES string of the molecule is O=C1CC[C@H](CCNCc2cccc(C(F)(F)F)c2)N1Cc1nc(-c2ccccc2)cs1. The number of rotatable bonds is 8. The first-order chi connectivity index (χ1) is 15.4. The van der Waals surface area contributed by atoms with Crippen molar-refractivity contribution in [2.24, 2.45) is 0 Å². The van der Waals surface area contributed by atoms with E-state index in [2.05, 4.69) is 5.32 Å². The number of carbonyl (C=O) groups is 1. The lowest BCUT2D eigenvalue weighted by Crippen LogP contribution is -2.34. The maximum Gasteiger partial charge on any atom is 0.416 e. The van der Waals surface area contributed by atoms with Crippen molar-refractivity contribution < 1.29 is 18.0 Å². The Labute approximate surface area is 189 Å². The van der Waals surface area contributed by atoms with Crippen LogP contribution in [0.4, 0.5) is 13.2 Å². The Balaban J connectivity index is 1.30. The van der Waals surface area contributed by atoms with Gasteiger partial charge in [0.05, 0.1) is 17.8 Å². The number of nitrogens with one attached hydrogen (secondary N) is 1. The number of amides is 1. The molecule has 8 heteroatoms. The van der Waals surface area contributed by atoms with E-state index in [9.17, 15) is 18.0 Å². The summed E-state index contributed by atoms with van der Waals surface area (Å²) in [4.78, 5) is 19.0. The molecule has 4 nitrogen and oxygen atoms in total. The number of likely N-dealkylation sites (tertiary alicyclic amines) is 1. The monoisotopic (exact) mass is 459 g/mol. The van der Waals surface area contributed by atoms with Crippen LogP contribution in [0, 0.1) is 0 Å². The highest BCUT2D eigenvalue weighted by molar-refractivity contribution is 7.09. The first kappa shape index (κ1) is 22.5. The van der Waals surface area contributed by atoms with Gasteiger partial charge in [-0.25, -0.2) is 4.98 Å². The number of alkyl halides is 3. The molecule has 1 atom stereocenters. The van der Waals surface area contributed by atoms with E-state index in [1.807, 2.05) is 40.6 Å². The summed E-state index contributed by atoms with van der Waals surface area (Å²) in [5.74, 6) is 0.129. The summed E-state index contributed by atoms with van der Waals surface area (Å²) in [7, 11) is 0. The second kappa shape index (κ2) is 9.83. The average Bonchev–Trinajstić information content (AvgIpc) is 3.39. The third-order valence-corrected chi connectivity index (χ3v) is 6.45. The molecule has 168 valence electrons. The molecular weight excluding hydrogens is 435 g/mol. The standard InChI is InChI=1S/C24H24F3N3OS/c25-24(26,27)19-8-4-5-17(13-19)14-28-12-11-20-9-10-23(31)30(20)15-22-29-21(16-32-22)18-6-2-1-3-7-18/h1-8,13,16,20,28H,9-12,14-15H2/t20-/m1/s1. The molecule has 0 unspecified atom stereocenters. The lowest BCUT2D eigenvalue weighted by atomic mass is 10.1. The largest absolute Gasteiger partial charge is 0.416 e. The molecule has 1 fully saturated rings. The van der Waals surface area contributed by atoms with Crippen molar-refractivity contribution in [1.29, 1.82) is 0 Å². The van der Waals surface area contributed by atoms with Crippen molar-refractivity contribution in [2.75, 3.05) is 6.54 Å².